The molecule has 1 fully saturated rings. The molecule has 1 amide bonds. The summed E-state index contributed by atoms with van der Waals surface area (Å²) in [6.07, 6.45) is 4.15. The molecule has 1 unspecified atom stereocenters. The molecule has 2 rings (SSSR count). The van der Waals surface area contributed by atoms with Gasteiger partial charge in [-0.05, 0) is 17.9 Å². The molecule has 1 aromatic rings. The highest BCUT2D eigenvalue weighted by Crippen LogP contribution is 2.31. The lowest BCUT2D eigenvalue weighted by Crippen LogP contribution is -2.28. The first kappa shape index (κ1) is 15.0. The summed E-state index contributed by atoms with van der Waals surface area (Å²) in [5.74, 6) is 0.917. The van der Waals surface area contributed by atoms with Crippen molar-refractivity contribution in [1.82, 2.24) is 5.32 Å². The number of hydrogen-bond donors (Lipinski definition) is 2. The van der Waals surface area contributed by atoms with Crippen LogP contribution in [-0.2, 0) is 4.79 Å². The van der Waals surface area contributed by atoms with E-state index in [4.69, 9.17) is 5.73 Å². The van der Waals surface area contributed by atoms with Gasteiger partial charge in [-0.1, -0.05) is 43.2 Å². The molecule has 100 valence electrons. The minimum Gasteiger partial charge on any atom is -0.356 e. The Kier molecular flexibility index (Phi) is 6.16. The maximum Gasteiger partial charge on any atom is 0.221 e. The first-order chi connectivity index (χ1) is 8.25. The third kappa shape index (κ3) is 5.07. The van der Waals surface area contributed by atoms with Gasteiger partial charge in [-0.2, -0.15) is 0 Å². The number of carbonyl (C=O) groups is 1. The zero-order chi connectivity index (χ0) is 12.1. The van der Waals surface area contributed by atoms with Crippen LogP contribution in [0.2, 0.25) is 0 Å². The molecule has 0 aromatic heterocycles. The van der Waals surface area contributed by atoms with Crippen molar-refractivity contribution in [2.75, 3.05) is 6.54 Å². The topological polar surface area (TPSA) is 55.1 Å². The number of benzene rings is 1. The van der Waals surface area contributed by atoms with E-state index < -0.39 is 0 Å². The van der Waals surface area contributed by atoms with Gasteiger partial charge in [-0.15, -0.1) is 12.4 Å². The molecule has 0 radical (unpaired) electrons. The Bertz CT molecular complexity index is 365. The molecule has 18 heavy (non-hydrogen) atoms. The van der Waals surface area contributed by atoms with Crippen molar-refractivity contribution in [3.63, 3.8) is 0 Å². The second-order valence-electron chi connectivity index (χ2n) is 4.80. The van der Waals surface area contributed by atoms with E-state index in [0.29, 0.717) is 6.42 Å². The molecule has 1 saturated carbocycles. The summed E-state index contributed by atoms with van der Waals surface area (Å²) in [6, 6.07) is 9.56. The highest BCUT2D eigenvalue weighted by atomic mass is 35.5. The number of carbonyl (C=O) groups excluding carboxylic acids is 1. The van der Waals surface area contributed by atoms with Crippen LogP contribution in [0.5, 0.6) is 0 Å². The Morgan fingerprint density at radius 1 is 1.33 bits per heavy atom. The number of halogens is 1. The summed E-state index contributed by atoms with van der Waals surface area (Å²) in [4.78, 5) is 11.6. The molecular weight excluding hydrogens is 248 g/mol. The molecular formula is C14H21ClN2O. The van der Waals surface area contributed by atoms with Crippen LogP contribution in [0.15, 0.2) is 30.3 Å². The van der Waals surface area contributed by atoms with Crippen LogP contribution in [-0.4, -0.2) is 12.5 Å². The van der Waals surface area contributed by atoms with E-state index in [1.54, 1.807) is 0 Å². The van der Waals surface area contributed by atoms with E-state index in [1.165, 1.54) is 12.8 Å². The second kappa shape index (κ2) is 7.39. The van der Waals surface area contributed by atoms with Gasteiger partial charge in [-0.25, -0.2) is 0 Å². The second-order valence-corrected chi connectivity index (χ2v) is 4.80. The fraction of sp³-hybridized carbons (Fsp3) is 0.500. The molecule has 1 aromatic carbocycles. The average molecular weight is 269 g/mol. The number of hydrogen-bond acceptors (Lipinski definition) is 2. The van der Waals surface area contributed by atoms with Gasteiger partial charge in [-0.3, -0.25) is 4.79 Å². The van der Waals surface area contributed by atoms with Crippen LogP contribution in [0.1, 0.15) is 37.3 Å². The quantitative estimate of drug-likeness (QED) is 0.833. The third-order valence-electron chi connectivity index (χ3n) is 3.20. The molecule has 1 aliphatic carbocycles. The predicted octanol–water partition coefficient (Wildman–Crippen LogP) is 2.41. The minimum atomic E-state index is -0.197. The van der Waals surface area contributed by atoms with Gasteiger partial charge in [0.2, 0.25) is 5.91 Å². The average Bonchev–Trinajstić information content (AvgIpc) is 3.14. The molecule has 0 aliphatic heterocycles. The number of rotatable bonds is 6. The standard InChI is InChI=1S/C14H20N2O.ClH/c15-13(12-4-2-1-3-5-12)10-14(17)16-9-8-11-6-7-11;/h1-5,11,13H,6-10,15H2,(H,16,17);1H. The summed E-state index contributed by atoms with van der Waals surface area (Å²) >= 11 is 0. The van der Waals surface area contributed by atoms with Gasteiger partial charge in [0.15, 0.2) is 0 Å². The van der Waals surface area contributed by atoms with Gasteiger partial charge in [0.1, 0.15) is 0 Å². The number of nitrogens with one attached hydrogen (secondary N) is 1. The number of nitrogens with two attached hydrogens (primary N) is 1. The fourth-order valence-corrected chi connectivity index (χ4v) is 1.91. The van der Waals surface area contributed by atoms with E-state index in [9.17, 15) is 4.79 Å². The van der Waals surface area contributed by atoms with Crippen LogP contribution in [0.4, 0.5) is 0 Å². The molecule has 4 heteroatoms. The van der Waals surface area contributed by atoms with E-state index in [2.05, 4.69) is 5.32 Å². The highest BCUT2D eigenvalue weighted by molar-refractivity contribution is 5.85. The Hall–Kier alpha value is -1.06. The normalized spacial score (nSPS) is 15.6. The lowest BCUT2D eigenvalue weighted by atomic mass is 10.0. The largest absolute Gasteiger partial charge is 0.356 e. The first-order valence-corrected chi connectivity index (χ1v) is 6.33. The maximum atomic E-state index is 11.6. The van der Waals surface area contributed by atoms with Crippen molar-refractivity contribution < 1.29 is 4.79 Å². The molecule has 0 bridgehead atoms. The van der Waals surface area contributed by atoms with Gasteiger partial charge in [0.05, 0.1) is 0 Å². The van der Waals surface area contributed by atoms with E-state index in [0.717, 1.165) is 24.4 Å². The van der Waals surface area contributed by atoms with Gasteiger partial charge in [0, 0.05) is 19.0 Å². The van der Waals surface area contributed by atoms with Gasteiger partial charge in [0.25, 0.3) is 0 Å². The molecule has 3 nitrogen and oxygen atoms in total. The van der Waals surface area contributed by atoms with Crippen molar-refractivity contribution >= 4 is 18.3 Å². The van der Waals surface area contributed by atoms with E-state index in [1.807, 2.05) is 30.3 Å². The molecule has 0 saturated heterocycles. The Morgan fingerprint density at radius 3 is 2.61 bits per heavy atom. The van der Waals surface area contributed by atoms with E-state index >= 15 is 0 Å². The first-order valence-electron chi connectivity index (χ1n) is 6.33. The highest BCUT2D eigenvalue weighted by Gasteiger charge is 2.20. The summed E-state index contributed by atoms with van der Waals surface area (Å²) in [6.45, 7) is 0.797. The predicted molar refractivity (Wildman–Crippen MR) is 75.6 cm³/mol. The summed E-state index contributed by atoms with van der Waals surface area (Å²) < 4.78 is 0. The monoisotopic (exact) mass is 268 g/mol. The SMILES string of the molecule is Cl.NC(CC(=O)NCCC1CC1)c1ccccc1. The number of amides is 1. The third-order valence-corrected chi connectivity index (χ3v) is 3.20. The molecule has 1 aliphatic rings. The molecule has 3 N–H and O–H groups in total. The summed E-state index contributed by atoms with van der Waals surface area (Å²) in [5, 5.41) is 2.94. The zero-order valence-electron chi connectivity index (χ0n) is 10.5. The molecule has 0 heterocycles. The van der Waals surface area contributed by atoms with Crippen molar-refractivity contribution in [3.05, 3.63) is 35.9 Å². The van der Waals surface area contributed by atoms with Crippen molar-refractivity contribution in [2.45, 2.75) is 31.7 Å². The smallest absolute Gasteiger partial charge is 0.221 e. The maximum absolute atomic E-state index is 11.6. The van der Waals surface area contributed by atoms with Gasteiger partial charge >= 0.3 is 0 Å². The summed E-state index contributed by atoms with van der Waals surface area (Å²) in [5.41, 5.74) is 7.00. The Balaban J connectivity index is 0.00000162. The Labute approximate surface area is 115 Å². The zero-order valence-corrected chi connectivity index (χ0v) is 11.3. The molecule has 0 spiro atoms. The van der Waals surface area contributed by atoms with E-state index in [-0.39, 0.29) is 24.4 Å². The lowest BCUT2D eigenvalue weighted by Gasteiger charge is -2.11. The fourth-order valence-electron chi connectivity index (χ4n) is 1.91. The van der Waals surface area contributed by atoms with Crippen molar-refractivity contribution in [1.29, 1.82) is 0 Å². The van der Waals surface area contributed by atoms with Crippen LogP contribution >= 0.6 is 12.4 Å². The molecule has 1 atom stereocenters. The lowest BCUT2D eigenvalue weighted by molar-refractivity contribution is -0.121. The van der Waals surface area contributed by atoms with Crippen LogP contribution in [0.25, 0.3) is 0 Å². The van der Waals surface area contributed by atoms with Crippen LogP contribution in [0, 0.1) is 5.92 Å². The summed E-state index contributed by atoms with van der Waals surface area (Å²) in [7, 11) is 0. The minimum absolute atomic E-state index is 0. The van der Waals surface area contributed by atoms with Crippen LogP contribution < -0.4 is 11.1 Å². The van der Waals surface area contributed by atoms with Crippen molar-refractivity contribution in [3.8, 4) is 0 Å². The Morgan fingerprint density at radius 2 is 2.00 bits per heavy atom. The van der Waals surface area contributed by atoms with Crippen molar-refractivity contribution in [2.24, 2.45) is 11.7 Å². The van der Waals surface area contributed by atoms with Gasteiger partial charge < -0.3 is 11.1 Å². The van der Waals surface area contributed by atoms with Crippen LogP contribution in [0.3, 0.4) is 0 Å².